The van der Waals surface area contributed by atoms with Crippen LogP contribution in [0.2, 0.25) is 5.02 Å². The highest BCUT2D eigenvalue weighted by Crippen LogP contribution is 2.30. The van der Waals surface area contributed by atoms with Crippen LogP contribution in [0.15, 0.2) is 18.2 Å². The van der Waals surface area contributed by atoms with Crippen LogP contribution < -0.4 is 10.6 Å². The van der Waals surface area contributed by atoms with Crippen LogP contribution in [-0.4, -0.2) is 25.1 Å². The third-order valence-corrected chi connectivity index (χ3v) is 3.62. The van der Waals surface area contributed by atoms with Gasteiger partial charge in [-0.3, -0.25) is 0 Å². The Kier molecular flexibility index (Phi) is 4.61. The van der Waals surface area contributed by atoms with Crippen molar-refractivity contribution in [3.63, 3.8) is 0 Å². The average Bonchev–Trinajstić information content (AvgIpc) is 2.21. The van der Waals surface area contributed by atoms with Gasteiger partial charge in [-0.2, -0.15) is 11.8 Å². The maximum atomic E-state index is 5.98. The second-order valence-corrected chi connectivity index (χ2v) is 4.91. The number of nitrogens with zero attached hydrogens (tertiary/aromatic N) is 1. The van der Waals surface area contributed by atoms with E-state index in [-0.39, 0.29) is 0 Å². The predicted octanol–water partition coefficient (Wildman–Crippen LogP) is 3.11. The standard InChI is InChI=1S/C11H17ClN2S/c1-8(7-15-3)14(2)10-6-4-5-9(12)11(10)13/h4-6,8H,7,13H2,1-3H3. The summed E-state index contributed by atoms with van der Waals surface area (Å²) in [5.74, 6) is 1.07. The number of nitrogen functional groups attached to an aromatic ring is 1. The molecule has 0 aliphatic rings. The third-order valence-electron chi connectivity index (χ3n) is 2.48. The van der Waals surface area contributed by atoms with Crippen LogP contribution >= 0.6 is 23.4 Å². The second kappa shape index (κ2) is 5.52. The van der Waals surface area contributed by atoms with E-state index in [1.165, 1.54) is 0 Å². The minimum atomic E-state index is 0.445. The van der Waals surface area contributed by atoms with Crippen LogP contribution in [0.4, 0.5) is 11.4 Å². The summed E-state index contributed by atoms with van der Waals surface area (Å²) in [5.41, 5.74) is 7.60. The highest BCUT2D eigenvalue weighted by atomic mass is 35.5. The van der Waals surface area contributed by atoms with Gasteiger partial charge >= 0.3 is 0 Å². The van der Waals surface area contributed by atoms with Crippen molar-refractivity contribution < 1.29 is 0 Å². The Bertz CT molecular complexity index is 330. The van der Waals surface area contributed by atoms with Crippen molar-refractivity contribution >= 4 is 34.7 Å². The first kappa shape index (κ1) is 12.5. The van der Waals surface area contributed by atoms with Crippen molar-refractivity contribution in [2.75, 3.05) is 29.7 Å². The smallest absolute Gasteiger partial charge is 0.0741 e. The van der Waals surface area contributed by atoms with Gasteiger partial charge < -0.3 is 10.6 Å². The minimum Gasteiger partial charge on any atom is -0.396 e. The predicted molar refractivity (Wildman–Crippen MR) is 72.1 cm³/mol. The third kappa shape index (κ3) is 2.95. The van der Waals surface area contributed by atoms with E-state index in [0.29, 0.717) is 16.8 Å². The molecule has 15 heavy (non-hydrogen) atoms. The highest BCUT2D eigenvalue weighted by Gasteiger charge is 2.13. The van der Waals surface area contributed by atoms with Gasteiger partial charge in [-0.25, -0.2) is 0 Å². The van der Waals surface area contributed by atoms with Gasteiger partial charge in [0.05, 0.1) is 16.4 Å². The average molecular weight is 245 g/mol. The molecule has 0 spiro atoms. The van der Waals surface area contributed by atoms with Crippen molar-refractivity contribution in [3.05, 3.63) is 23.2 Å². The molecular weight excluding hydrogens is 228 g/mol. The molecule has 0 aromatic heterocycles. The number of benzene rings is 1. The van der Waals surface area contributed by atoms with Gasteiger partial charge in [0.2, 0.25) is 0 Å². The molecule has 0 heterocycles. The zero-order chi connectivity index (χ0) is 11.4. The SMILES string of the molecule is CSCC(C)N(C)c1cccc(Cl)c1N. The normalized spacial score (nSPS) is 12.5. The Labute approximate surface area is 101 Å². The van der Waals surface area contributed by atoms with E-state index in [1.54, 1.807) is 0 Å². The molecular formula is C11H17ClN2S. The lowest BCUT2D eigenvalue weighted by Gasteiger charge is -2.27. The quantitative estimate of drug-likeness (QED) is 0.826. The summed E-state index contributed by atoms with van der Waals surface area (Å²) in [4.78, 5) is 2.16. The molecule has 1 aromatic rings. The number of hydrogen-bond donors (Lipinski definition) is 1. The second-order valence-electron chi connectivity index (χ2n) is 3.59. The van der Waals surface area contributed by atoms with Crippen LogP contribution in [0, 0.1) is 0 Å². The first-order chi connectivity index (χ1) is 7.07. The molecule has 84 valence electrons. The minimum absolute atomic E-state index is 0.445. The molecule has 0 fully saturated rings. The van der Waals surface area contributed by atoms with Crippen molar-refractivity contribution in [1.29, 1.82) is 0 Å². The topological polar surface area (TPSA) is 29.3 Å². The lowest BCUT2D eigenvalue weighted by molar-refractivity contribution is 0.766. The van der Waals surface area contributed by atoms with Crippen LogP contribution in [-0.2, 0) is 0 Å². The van der Waals surface area contributed by atoms with Gasteiger partial charge in [-0.1, -0.05) is 17.7 Å². The van der Waals surface area contributed by atoms with E-state index in [0.717, 1.165) is 11.4 Å². The van der Waals surface area contributed by atoms with Crippen LogP contribution in [0.25, 0.3) is 0 Å². The lowest BCUT2D eigenvalue weighted by Crippen LogP contribution is -2.31. The molecule has 1 unspecified atom stereocenters. The Morgan fingerprint density at radius 1 is 1.53 bits per heavy atom. The van der Waals surface area contributed by atoms with E-state index in [9.17, 15) is 0 Å². The Morgan fingerprint density at radius 2 is 2.20 bits per heavy atom. The van der Waals surface area contributed by atoms with Crippen LogP contribution in [0.5, 0.6) is 0 Å². The number of para-hydroxylation sites is 1. The van der Waals surface area contributed by atoms with Crippen LogP contribution in [0.3, 0.4) is 0 Å². The summed E-state index contributed by atoms with van der Waals surface area (Å²) in [7, 11) is 2.04. The summed E-state index contributed by atoms with van der Waals surface area (Å²) in [5, 5.41) is 0.621. The fourth-order valence-corrected chi connectivity index (χ4v) is 2.30. The molecule has 1 rings (SSSR count). The largest absolute Gasteiger partial charge is 0.396 e. The van der Waals surface area contributed by atoms with Crippen LogP contribution in [0.1, 0.15) is 6.92 Å². The number of rotatable bonds is 4. The van der Waals surface area contributed by atoms with Crippen molar-refractivity contribution in [3.8, 4) is 0 Å². The molecule has 0 radical (unpaired) electrons. The maximum Gasteiger partial charge on any atom is 0.0741 e. The van der Waals surface area contributed by atoms with E-state index >= 15 is 0 Å². The van der Waals surface area contributed by atoms with E-state index in [4.69, 9.17) is 17.3 Å². The van der Waals surface area contributed by atoms with E-state index in [2.05, 4.69) is 18.1 Å². The molecule has 0 saturated heterocycles. The summed E-state index contributed by atoms with van der Waals surface area (Å²) in [6.45, 7) is 2.18. The number of halogens is 1. The van der Waals surface area contributed by atoms with Gasteiger partial charge in [0.15, 0.2) is 0 Å². The fraction of sp³-hybridized carbons (Fsp3) is 0.455. The molecule has 1 aromatic carbocycles. The Morgan fingerprint density at radius 3 is 2.80 bits per heavy atom. The molecule has 0 bridgehead atoms. The number of thioether (sulfide) groups is 1. The van der Waals surface area contributed by atoms with Gasteiger partial charge in [-0.05, 0) is 25.3 Å². The van der Waals surface area contributed by atoms with Gasteiger partial charge in [-0.15, -0.1) is 0 Å². The van der Waals surface area contributed by atoms with Crippen molar-refractivity contribution in [1.82, 2.24) is 0 Å². The Balaban J connectivity index is 2.90. The maximum absolute atomic E-state index is 5.98. The number of hydrogen-bond acceptors (Lipinski definition) is 3. The summed E-state index contributed by atoms with van der Waals surface area (Å²) in [6, 6.07) is 6.18. The van der Waals surface area contributed by atoms with Crippen molar-refractivity contribution in [2.24, 2.45) is 0 Å². The first-order valence-corrected chi connectivity index (χ1v) is 6.61. The number of anilines is 2. The van der Waals surface area contributed by atoms with Gasteiger partial charge in [0.25, 0.3) is 0 Å². The fourth-order valence-electron chi connectivity index (χ4n) is 1.42. The molecule has 4 heteroatoms. The van der Waals surface area contributed by atoms with Gasteiger partial charge in [0.1, 0.15) is 0 Å². The molecule has 2 nitrogen and oxygen atoms in total. The summed E-state index contributed by atoms with van der Waals surface area (Å²) in [6.07, 6.45) is 2.10. The molecule has 0 amide bonds. The summed E-state index contributed by atoms with van der Waals surface area (Å²) < 4.78 is 0. The van der Waals surface area contributed by atoms with E-state index in [1.807, 2.05) is 37.0 Å². The summed E-state index contributed by atoms with van der Waals surface area (Å²) >= 11 is 7.81. The van der Waals surface area contributed by atoms with Crippen molar-refractivity contribution in [2.45, 2.75) is 13.0 Å². The molecule has 2 N–H and O–H groups in total. The lowest BCUT2D eigenvalue weighted by atomic mass is 10.2. The zero-order valence-electron chi connectivity index (χ0n) is 9.33. The highest BCUT2D eigenvalue weighted by molar-refractivity contribution is 7.98. The zero-order valence-corrected chi connectivity index (χ0v) is 10.9. The molecule has 0 aliphatic heterocycles. The monoisotopic (exact) mass is 244 g/mol. The number of nitrogens with two attached hydrogens (primary N) is 1. The molecule has 1 atom stereocenters. The van der Waals surface area contributed by atoms with Gasteiger partial charge in [0, 0.05) is 18.8 Å². The molecule has 0 saturated carbocycles. The Hall–Kier alpha value is -0.540. The van der Waals surface area contributed by atoms with E-state index < -0.39 is 0 Å². The molecule has 0 aliphatic carbocycles. The first-order valence-electron chi connectivity index (χ1n) is 4.83.